The van der Waals surface area contributed by atoms with Crippen LogP contribution in [0.2, 0.25) is 0 Å². The van der Waals surface area contributed by atoms with E-state index in [0.717, 1.165) is 43.1 Å². The van der Waals surface area contributed by atoms with Crippen molar-refractivity contribution < 1.29 is 9.53 Å². The molecule has 29 heavy (non-hydrogen) atoms. The summed E-state index contributed by atoms with van der Waals surface area (Å²) in [5.74, 6) is 0.744. The average molecular weight is 394 g/mol. The van der Waals surface area contributed by atoms with Gasteiger partial charge in [0.05, 0.1) is 30.8 Å². The molecule has 1 saturated heterocycles. The Morgan fingerprint density at radius 3 is 3.03 bits per heavy atom. The van der Waals surface area contributed by atoms with Crippen molar-refractivity contribution in [1.29, 1.82) is 0 Å². The number of aromatic nitrogens is 3. The molecule has 1 aromatic carbocycles. The molecule has 0 spiro atoms. The summed E-state index contributed by atoms with van der Waals surface area (Å²) < 4.78 is 7.36. The fourth-order valence-electron chi connectivity index (χ4n) is 3.67. The number of benzene rings is 1. The lowest BCUT2D eigenvalue weighted by atomic mass is 10.1. The van der Waals surface area contributed by atoms with E-state index in [2.05, 4.69) is 32.4 Å². The number of aryl methyl sites for hydroxylation is 1. The minimum Gasteiger partial charge on any atom is -0.496 e. The number of carbonyl (C=O) groups is 1. The van der Waals surface area contributed by atoms with Crippen molar-refractivity contribution in [3.8, 4) is 5.75 Å². The number of piperazine rings is 1. The molecule has 2 N–H and O–H groups in total. The Labute approximate surface area is 169 Å². The van der Waals surface area contributed by atoms with Crippen molar-refractivity contribution in [3.63, 3.8) is 0 Å². The lowest BCUT2D eigenvalue weighted by Gasteiger charge is -2.35. The molecule has 1 amide bonds. The molecule has 1 fully saturated rings. The molecule has 0 saturated carbocycles. The maximum absolute atomic E-state index is 12.8. The summed E-state index contributed by atoms with van der Waals surface area (Å²) in [5, 5.41) is 6.36. The summed E-state index contributed by atoms with van der Waals surface area (Å²) >= 11 is 0. The molecule has 0 radical (unpaired) electrons. The van der Waals surface area contributed by atoms with Gasteiger partial charge in [0.15, 0.2) is 5.65 Å². The van der Waals surface area contributed by atoms with E-state index < -0.39 is 0 Å². The maximum Gasteiger partial charge on any atom is 0.260 e. The van der Waals surface area contributed by atoms with E-state index in [4.69, 9.17) is 4.74 Å². The van der Waals surface area contributed by atoms with Crippen LogP contribution >= 0.6 is 0 Å². The van der Waals surface area contributed by atoms with Crippen LogP contribution in [0.1, 0.15) is 29.4 Å². The van der Waals surface area contributed by atoms with Crippen molar-refractivity contribution >= 4 is 23.1 Å². The Kier molecular flexibility index (Phi) is 5.35. The Bertz CT molecular complexity index is 1030. The van der Waals surface area contributed by atoms with Crippen molar-refractivity contribution in [2.24, 2.45) is 0 Å². The van der Waals surface area contributed by atoms with Crippen LogP contribution in [-0.4, -0.2) is 53.1 Å². The molecule has 152 valence electrons. The largest absolute Gasteiger partial charge is 0.496 e. The number of methoxy groups -OCH3 is 1. The van der Waals surface area contributed by atoms with E-state index >= 15 is 0 Å². The monoisotopic (exact) mass is 394 g/mol. The number of hydrogen-bond donors (Lipinski definition) is 2. The van der Waals surface area contributed by atoms with Crippen LogP contribution in [0.25, 0.3) is 5.65 Å². The summed E-state index contributed by atoms with van der Waals surface area (Å²) in [6.45, 7) is 6.92. The zero-order valence-electron chi connectivity index (χ0n) is 17.0. The van der Waals surface area contributed by atoms with Gasteiger partial charge in [-0.3, -0.25) is 4.79 Å². The topological polar surface area (TPSA) is 83.8 Å². The number of carbonyl (C=O) groups excluding carboxylic acids is 1. The van der Waals surface area contributed by atoms with Gasteiger partial charge in [0.1, 0.15) is 11.6 Å². The third-order valence-electron chi connectivity index (χ3n) is 5.25. The minimum atomic E-state index is -0.260. The molecular formula is C21H26N6O2. The zero-order valence-corrected chi connectivity index (χ0v) is 17.0. The van der Waals surface area contributed by atoms with Crippen LogP contribution in [0.4, 0.5) is 11.5 Å². The van der Waals surface area contributed by atoms with Crippen LogP contribution in [0.5, 0.6) is 5.75 Å². The Morgan fingerprint density at radius 2 is 2.24 bits per heavy atom. The highest BCUT2D eigenvalue weighted by molar-refractivity contribution is 6.06. The number of rotatable bonds is 5. The summed E-state index contributed by atoms with van der Waals surface area (Å²) in [5.41, 5.74) is 3.17. The smallest absolute Gasteiger partial charge is 0.260 e. The second-order valence-electron chi connectivity index (χ2n) is 7.26. The van der Waals surface area contributed by atoms with Crippen LogP contribution < -0.4 is 20.3 Å². The second-order valence-corrected chi connectivity index (χ2v) is 7.26. The van der Waals surface area contributed by atoms with Crippen LogP contribution in [-0.2, 0) is 0 Å². The first-order valence-electron chi connectivity index (χ1n) is 9.86. The van der Waals surface area contributed by atoms with Crippen molar-refractivity contribution in [2.75, 3.05) is 37.0 Å². The number of hydrogen-bond acceptors (Lipinski definition) is 6. The van der Waals surface area contributed by atoms with Crippen LogP contribution in [0, 0.1) is 6.92 Å². The number of fused-ring (bicyclic) bond motifs is 1. The molecule has 3 aromatic rings. The van der Waals surface area contributed by atoms with E-state index in [1.807, 2.05) is 35.7 Å². The SMILES string of the molecule is CC[C@@H]1CN(c2ccc(C(=O)Nc3cn4cc(C)nc4cn3)c(OC)c2)CCN1. The quantitative estimate of drug-likeness (QED) is 0.692. The number of ether oxygens (including phenoxy) is 1. The summed E-state index contributed by atoms with van der Waals surface area (Å²) in [7, 11) is 1.58. The highest BCUT2D eigenvalue weighted by Crippen LogP contribution is 2.27. The molecule has 0 unspecified atom stereocenters. The van der Waals surface area contributed by atoms with E-state index in [9.17, 15) is 4.79 Å². The van der Waals surface area contributed by atoms with Gasteiger partial charge in [0.2, 0.25) is 0 Å². The third-order valence-corrected chi connectivity index (χ3v) is 5.25. The van der Waals surface area contributed by atoms with E-state index in [1.54, 1.807) is 19.5 Å². The lowest BCUT2D eigenvalue weighted by Crippen LogP contribution is -2.50. The Hall–Kier alpha value is -3.13. The van der Waals surface area contributed by atoms with Gasteiger partial charge < -0.3 is 24.7 Å². The number of nitrogens with one attached hydrogen (secondary N) is 2. The van der Waals surface area contributed by atoms with Crippen molar-refractivity contribution in [1.82, 2.24) is 19.7 Å². The molecule has 1 atom stereocenters. The fourth-order valence-corrected chi connectivity index (χ4v) is 3.67. The van der Waals surface area contributed by atoms with Crippen molar-refractivity contribution in [2.45, 2.75) is 26.3 Å². The van der Waals surface area contributed by atoms with Gasteiger partial charge in [-0.1, -0.05) is 6.92 Å². The van der Waals surface area contributed by atoms with Gasteiger partial charge in [-0.25, -0.2) is 9.97 Å². The molecular weight excluding hydrogens is 368 g/mol. The molecule has 3 heterocycles. The molecule has 1 aliphatic rings. The lowest BCUT2D eigenvalue weighted by molar-refractivity contribution is 0.102. The molecule has 8 nitrogen and oxygen atoms in total. The normalized spacial score (nSPS) is 16.8. The summed E-state index contributed by atoms with van der Waals surface area (Å²) in [4.78, 5) is 23.8. The van der Waals surface area contributed by atoms with Gasteiger partial charge in [-0.2, -0.15) is 0 Å². The van der Waals surface area contributed by atoms with Crippen LogP contribution in [0.3, 0.4) is 0 Å². The van der Waals surface area contributed by atoms with Gasteiger partial charge in [-0.05, 0) is 25.5 Å². The maximum atomic E-state index is 12.8. The number of amides is 1. The van der Waals surface area contributed by atoms with E-state index in [-0.39, 0.29) is 5.91 Å². The van der Waals surface area contributed by atoms with Crippen LogP contribution in [0.15, 0.2) is 36.8 Å². The predicted molar refractivity (Wildman–Crippen MR) is 113 cm³/mol. The zero-order chi connectivity index (χ0) is 20.4. The molecule has 0 aliphatic carbocycles. The number of anilines is 2. The fraction of sp³-hybridized carbons (Fsp3) is 0.381. The first kappa shape index (κ1) is 19.2. The summed E-state index contributed by atoms with van der Waals surface area (Å²) in [6, 6.07) is 6.20. The first-order valence-corrected chi connectivity index (χ1v) is 9.86. The third kappa shape index (κ3) is 4.02. The standard InChI is InChI=1S/C21H26N6O2/c1-4-15-12-26(8-7-22-15)16-5-6-17(18(9-16)29-3)21(28)25-19-13-27-11-14(2)24-20(27)10-23-19/h5-6,9-11,13,15,22H,4,7-8,12H2,1-3H3,(H,25,28)/t15-/m1/s1. The second kappa shape index (κ2) is 8.08. The Balaban J connectivity index is 1.54. The van der Waals surface area contributed by atoms with E-state index in [0.29, 0.717) is 23.2 Å². The molecule has 4 rings (SSSR count). The summed E-state index contributed by atoms with van der Waals surface area (Å²) in [6.07, 6.45) is 6.36. The average Bonchev–Trinajstić information content (AvgIpc) is 3.12. The molecule has 8 heteroatoms. The minimum absolute atomic E-state index is 0.260. The molecule has 0 bridgehead atoms. The van der Waals surface area contributed by atoms with E-state index in [1.165, 1.54) is 0 Å². The molecule has 2 aromatic heterocycles. The van der Waals surface area contributed by atoms with Gasteiger partial charge in [-0.15, -0.1) is 0 Å². The van der Waals surface area contributed by atoms with Crippen molar-refractivity contribution in [3.05, 3.63) is 48.0 Å². The molecule has 1 aliphatic heterocycles. The number of nitrogens with zero attached hydrogens (tertiary/aromatic N) is 4. The number of imidazole rings is 1. The highest BCUT2D eigenvalue weighted by atomic mass is 16.5. The van der Waals surface area contributed by atoms with Gasteiger partial charge >= 0.3 is 0 Å². The van der Waals surface area contributed by atoms with Gasteiger partial charge in [0, 0.05) is 43.6 Å². The highest BCUT2D eigenvalue weighted by Gasteiger charge is 2.20. The van der Waals surface area contributed by atoms with Gasteiger partial charge in [0.25, 0.3) is 5.91 Å². The Morgan fingerprint density at radius 1 is 1.38 bits per heavy atom. The predicted octanol–water partition coefficient (Wildman–Crippen LogP) is 2.49. The first-order chi connectivity index (χ1) is 14.1.